The van der Waals surface area contributed by atoms with Gasteiger partial charge in [0.25, 0.3) is 0 Å². The Kier molecular flexibility index (Phi) is 8.04. The lowest BCUT2D eigenvalue weighted by molar-refractivity contribution is -0.140. The van der Waals surface area contributed by atoms with Gasteiger partial charge in [-0.25, -0.2) is 0 Å². The Bertz CT molecular complexity index is 877. The van der Waals surface area contributed by atoms with E-state index in [1.54, 1.807) is 36.3 Å². The summed E-state index contributed by atoms with van der Waals surface area (Å²) in [5.41, 5.74) is 1.58. The van der Waals surface area contributed by atoms with E-state index in [1.807, 2.05) is 30.3 Å². The molecule has 0 aromatic heterocycles. The summed E-state index contributed by atoms with van der Waals surface area (Å²) in [5, 5.41) is 5.34. The van der Waals surface area contributed by atoms with E-state index in [1.165, 1.54) is 0 Å². The van der Waals surface area contributed by atoms with Crippen molar-refractivity contribution in [2.45, 2.75) is 32.2 Å². The molecule has 2 aromatic carbocycles. The van der Waals surface area contributed by atoms with Crippen molar-refractivity contribution >= 4 is 23.4 Å². The first-order chi connectivity index (χ1) is 15.0. The molecular weight excluding hydrogens is 394 g/mol. The summed E-state index contributed by atoms with van der Waals surface area (Å²) in [7, 11) is 1.57. The zero-order valence-corrected chi connectivity index (χ0v) is 17.8. The van der Waals surface area contributed by atoms with Crippen LogP contribution in [0.15, 0.2) is 54.6 Å². The van der Waals surface area contributed by atoms with Crippen LogP contribution in [0.3, 0.4) is 0 Å². The van der Waals surface area contributed by atoms with E-state index in [2.05, 4.69) is 10.6 Å². The van der Waals surface area contributed by atoms with Gasteiger partial charge >= 0.3 is 0 Å². The molecule has 0 saturated heterocycles. The molecule has 3 rings (SSSR count). The lowest BCUT2D eigenvalue weighted by atomic mass is 10.1. The van der Waals surface area contributed by atoms with Gasteiger partial charge in [-0.1, -0.05) is 43.2 Å². The maximum Gasteiger partial charge on any atom is 0.243 e. The Morgan fingerprint density at radius 3 is 2.29 bits per heavy atom. The molecule has 0 unspecified atom stereocenters. The zero-order chi connectivity index (χ0) is 22.1. The van der Waals surface area contributed by atoms with E-state index in [4.69, 9.17) is 4.74 Å². The maximum absolute atomic E-state index is 13.0. The lowest BCUT2D eigenvalue weighted by Crippen LogP contribution is -2.44. The van der Waals surface area contributed by atoms with Crippen LogP contribution in [0, 0.1) is 5.92 Å². The van der Waals surface area contributed by atoms with E-state index in [0.717, 1.165) is 31.2 Å². The smallest absolute Gasteiger partial charge is 0.243 e. The molecular formula is C24H29N3O4. The number of hydrogen-bond donors (Lipinski definition) is 2. The largest absolute Gasteiger partial charge is 0.497 e. The summed E-state index contributed by atoms with van der Waals surface area (Å²) in [6.45, 7) is 0.142. The number of hydrogen-bond acceptors (Lipinski definition) is 4. The van der Waals surface area contributed by atoms with Gasteiger partial charge < -0.3 is 20.3 Å². The molecule has 0 atom stereocenters. The Morgan fingerprint density at radius 2 is 1.65 bits per heavy atom. The highest BCUT2D eigenvalue weighted by Gasteiger charge is 2.28. The van der Waals surface area contributed by atoms with Gasteiger partial charge in [0.1, 0.15) is 5.75 Å². The van der Waals surface area contributed by atoms with E-state index in [-0.39, 0.29) is 36.7 Å². The summed E-state index contributed by atoms with van der Waals surface area (Å²) in [4.78, 5) is 39.2. The summed E-state index contributed by atoms with van der Waals surface area (Å²) in [6, 6.07) is 16.6. The number of ether oxygens (including phenoxy) is 1. The van der Waals surface area contributed by atoms with Gasteiger partial charge in [0.2, 0.25) is 17.7 Å². The van der Waals surface area contributed by atoms with E-state index in [9.17, 15) is 14.4 Å². The summed E-state index contributed by atoms with van der Waals surface area (Å²) >= 11 is 0. The predicted octanol–water partition coefficient (Wildman–Crippen LogP) is 2.97. The Labute approximate surface area is 182 Å². The first kappa shape index (κ1) is 22.3. The second-order valence-corrected chi connectivity index (χ2v) is 7.71. The van der Waals surface area contributed by atoms with Crippen molar-refractivity contribution in [3.8, 4) is 5.75 Å². The highest BCUT2D eigenvalue weighted by molar-refractivity contribution is 5.95. The van der Waals surface area contributed by atoms with Crippen LogP contribution >= 0.6 is 0 Å². The normalized spacial score (nSPS) is 13.5. The van der Waals surface area contributed by atoms with Crippen molar-refractivity contribution < 1.29 is 19.1 Å². The summed E-state index contributed by atoms with van der Waals surface area (Å²) in [5.74, 6) is -0.00628. The quantitative estimate of drug-likeness (QED) is 0.649. The first-order valence-corrected chi connectivity index (χ1v) is 10.6. The number of methoxy groups -OCH3 is 1. The van der Waals surface area contributed by atoms with E-state index in [0.29, 0.717) is 18.0 Å². The highest BCUT2D eigenvalue weighted by Crippen LogP contribution is 2.27. The van der Waals surface area contributed by atoms with Gasteiger partial charge in [-0.15, -0.1) is 0 Å². The fourth-order valence-electron chi connectivity index (χ4n) is 3.73. The maximum atomic E-state index is 13.0. The molecule has 1 aliphatic carbocycles. The number of carbonyl (C=O) groups excluding carboxylic acids is 3. The van der Waals surface area contributed by atoms with Crippen molar-refractivity contribution in [2.24, 2.45) is 5.92 Å². The van der Waals surface area contributed by atoms with Crippen LogP contribution in [0.5, 0.6) is 5.75 Å². The predicted molar refractivity (Wildman–Crippen MR) is 118 cm³/mol. The molecule has 0 spiro atoms. The fraction of sp³-hybridized carbons (Fsp3) is 0.375. The topological polar surface area (TPSA) is 87.7 Å². The molecule has 2 aromatic rings. The zero-order valence-electron chi connectivity index (χ0n) is 17.8. The van der Waals surface area contributed by atoms with E-state index < -0.39 is 0 Å². The molecule has 164 valence electrons. The van der Waals surface area contributed by atoms with Gasteiger partial charge in [-0.3, -0.25) is 14.4 Å². The second kappa shape index (κ2) is 11.2. The second-order valence-electron chi connectivity index (χ2n) is 7.71. The third-order valence-corrected chi connectivity index (χ3v) is 5.39. The minimum Gasteiger partial charge on any atom is -0.497 e. The highest BCUT2D eigenvalue weighted by atomic mass is 16.5. The van der Waals surface area contributed by atoms with Crippen LogP contribution in [0.25, 0.3) is 0 Å². The Balaban J connectivity index is 1.53. The minimum atomic E-state index is -0.354. The van der Waals surface area contributed by atoms with Crippen molar-refractivity contribution in [1.29, 1.82) is 0 Å². The number of nitrogens with zero attached hydrogens (tertiary/aromatic N) is 1. The Morgan fingerprint density at radius 1 is 0.968 bits per heavy atom. The number of nitrogens with one attached hydrogen (secondary N) is 2. The molecule has 1 fully saturated rings. The van der Waals surface area contributed by atoms with E-state index >= 15 is 0 Å². The Hall–Kier alpha value is -3.35. The molecule has 0 bridgehead atoms. The monoisotopic (exact) mass is 423 g/mol. The van der Waals surface area contributed by atoms with Gasteiger partial charge in [-0.2, -0.15) is 0 Å². The average Bonchev–Trinajstić information content (AvgIpc) is 3.33. The van der Waals surface area contributed by atoms with Crippen LogP contribution in [-0.2, 0) is 20.9 Å². The third-order valence-electron chi connectivity index (χ3n) is 5.39. The molecule has 31 heavy (non-hydrogen) atoms. The van der Waals surface area contributed by atoms with Crippen molar-refractivity contribution in [3.63, 3.8) is 0 Å². The molecule has 2 N–H and O–H groups in total. The van der Waals surface area contributed by atoms with Gasteiger partial charge in [0, 0.05) is 18.2 Å². The van der Waals surface area contributed by atoms with Crippen molar-refractivity contribution in [3.05, 3.63) is 60.2 Å². The molecule has 7 heteroatoms. The molecule has 7 nitrogen and oxygen atoms in total. The summed E-state index contributed by atoms with van der Waals surface area (Å²) in [6.07, 6.45) is 3.84. The third kappa shape index (κ3) is 6.84. The van der Waals surface area contributed by atoms with Crippen LogP contribution in [0.4, 0.5) is 5.69 Å². The number of benzene rings is 2. The molecule has 1 saturated carbocycles. The number of rotatable bonds is 9. The van der Waals surface area contributed by atoms with Crippen molar-refractivity contribution in [1.82, 2.24) is 10.2 Å². The standard InChI is InChI=1S/C24H29N3O4/c1-31-21-13-11-20(12-14-21)26-22(28)15-25-23(29)17-27(16-18-7-3-2-4-8-18)24(30)19-9-5-6-10-19/h2-4,7-8,11-14,19H,5-6,9-10,15-17H2,1H3,(H,25,29)(H,26,28). The van der Waals surface area contributed by atoms with Crippen LogP contribution < -0.4 is 15.4 Å². The molecule has 0 radical (unpaired) electrons. The molecule has 0 heterocycles. The number of anilines is 1. The van der Waals surface area contributed by atoms with Crippen LogP contribution in [0.2, 0.25) is 0 Å². The van der Waals surface area contributed by atoms with Crippen molar-refractivity contribution in [2.75, 3.05) is 25.5 Å². The van der Waals surface area contributed by atoms with Gasteiger partial charge in [0.05, 0.1) is 20.2 Å². The van der Waals surface area contributed by atoms with Crippen LogP contribution in [-0.4, -0.2) is 42.8 Å². The summed E-state index contributed by atoms with van der Waals surface area (Å²) < 4.78 is 5.09. The lowest BCUT2D eigenvalue weighted by Gasteiger charge is -2.25. The number of carbonyl (C=O) groups is 3. The SMILES string of the molecule is COc1ccc(NC(=O)CNC(=O)CN(Cc2ccccc2)C(=O)C2CCCC2)cc1. The number of amides is 3. The molecule has 0 aliphatic heterocycles. The minimum absolute atomic E-state index is 0.0131. The van der Waals surface area contributed by atoms with Crippen LogP contribution in [0.1, 0.15) is 31.2 Å². The molecule has 1 aliphatic rings. The average molecular weight is 424 g/mol. The van der Waals surface area contributed by atoms with Gasteiger partial charge in [0.15, 0.2) is 0 Å². The van der Waals surface area contributed by atoms with Gasteiger partial charge in [-0.05, 0) is 42.7 Å². The fourth-order valence-corrected chi connectivity index (χ4v) is 3.73. The molecule has 3 amide bonds. The first-order valence-electron chi connectivity index (χ1n) is 10.6.